The third kappa shape index (κ3) is 4.50. The van der Waals surface area contributed by atoms with Crippen LogP contribution < -0.4 is 14.8 Å². The second-order valence-corrected chi connectivity index (χ2v) is 7.65. The van der Waals surface area contributed by atoms with E-state index in [4.69, 9.17) is 21.1 Å². The summed E-state index contributed by atoms with van der Waals surface area (Å²) < 4.78 is 11.4. The predicted molar refractivity (Wildman–Crippen MR) is 103 cm³/mol. The fraction of sp³-hybridized carbons (Fsp3) is 0.381. The topological polar surface area (TPSA) is 47.6 Å². The third-order valence-corrected chi connectivity index (χ3v) is 4.82. The average molecular weight is 374 g/mol. The van der Waals surface area contributed by atoms with Gasteiger partial charge in [0.15, 0.2) is 0 Å². The van der Waals surface area contributed by atoms with Gasteiger partial charge >= 0.3 is 0 Å². The van der Waals surface area contributed by atoms with E-state index in [2.05, 4.69) is 5.32 Å². The van der Waals surface area contributed by atoms with Crippen molar-refractivity contribution < 1.29 is 14.3 Å². The Labute approximate surface area is 159 Å². The summed E-state index contributed by atoms with van der Waals surface area (Å²) in [6.45, 7) is 4.07. The van der Waals surface area contributed by atoms with E-state index >= 15 is 0 Å². The molecule has 1 aliphatic heterocycles. The Morgan fingerprint density at radius 2 is 2.00 bits per heavy atom. The number of rotatable bonds is 5. The Bertz CT molecular complexity index is 786. The molecule has 1 N–H and O–H groups in total. The lowest BCUT2D eigenvalue weighted by Gasteiger charge is -2.38. The first kappa shape index (κ1) is 18.6. The maximum atomic E-state index is 12.5. The van der Waals surface area contributed by atoms with E-state index in [1.165, 1.54) is 0 Å². The Balaban J connectivity index is 1.70. The molecular formula is C21H24ClNO3. The minimum absolute atomic E-state index is 0.0245. The van der Waals surface area contributed by atoms with Crippen molar-refractivity contribution in [2.24, 2.45) is 0 Å². The van der Waals surface area contributed by atoms with Crippen LogP contribution in [0.2, 0.25) is 5.02 Å². The molecular weight excluding hydrogens is 350 g/mol. The first-order valence-electron chi connectivity index (χ1n) is 8.77. The number of hydrogen-bond donors (Lipinski definition) is 1. The molecule has 1 aliphatic rings. The van der Waals surface area contributed by atoms with E-state index in [0.717, 1.165) is 22.6 Å². The predicted octanol–water partition coefficient (Wildman–Crippen LogP) is 4.70. The molecule has 0 fully saturated rings. The number of carbonyl (C=O) groups is 1. The van der Waals surface area contributed by atoms with Gasteiger partial charge in [0.25, 0.3) is 0 Å². The molecule has 1 heterocycles. The van der Waals surface area contributed by atoms with E-state index in [0.29, 0.717) is 24.3 Å². The van der Waals surface area contributed by atoms with E-state index in [-0.39, 0.29) is 17.6 Å². The second-order valence-electron chi connectivity index (χ2n) is 7.22. The number of amides is 1. The van der Waals surface area contributed by atoms with Crippen LogP contribution in [0.4, 0.5) is 0 Å². The van der Waals surface area contributed by atoms with Crippen LogP contribution in [0, 0.1) is 0 Å². The highest BCUT2D eigenvalue weighted by atomic mass is 35.5. The summed E-state index contributed by atoms with van der Waals surface area (Å²) in [6, 6.07) is 13.2. The highest BCUT2D eigenvalue weighted by Gasteiger charge is 2.34. The van der Waals surface area contributed by atoms with Crippen LogP contribution in [0.15, 0.2) is 42.5 Å². The van der Waals surface area contributed by atoms with E-state index in [1.54, 1.807) is 7.11 Å². The molecule has 1 amide bonds. The van der Waals surface area contributed by atoms with Gasteiger partial charge in [0.1, 0.15) is 17.1 Å². The van der Waals surface area contributed by atoms with Gasteiger partial charge in [0.2, 0.25) is 5.91 Å². The Hall–Kier alpha value is -2.20. The number of hydrogen-bond acceptors (Lipinski definition) is 3. The molecule has 0 aliphatic carbocycles. The van der Waals surface area contributed by atoms with Crippen molar-refractivity contribution in [3.8, 4) is 11.5 Å². The van der Waals surface area contributed by atoms with Crippen molar-refractivity contribution in [3.63, 3.8) is 0 Å². The molecule has 4 nitrogen and oxygen atoms in total. The lowest BCUT2D eigenvalue weighted by Crippen LogP contribution is -2.41. The highest BCUT2D eigenvalue weighted by molar-refractivity contribution is 6.30. The van der Waals surface area contributed by atoms with Crippen molar-refractivity contribution in [1.29, 1.82) is 0 Å². The van der Waals surface area contributed by atoms with Gasteiger partial charge in [-0.15, -0.1) is 0 Å². The van der Waals surface area contributed by atoms with Crippen molar-refractivity contribution >= 4 is 17.5 Å². The molecule has 0 bridgehead atoms. The van der Waals surface area contributed by atoms with Gasteiger partial charge in [0.05, 0.1) is 13.2 Å². The number of halogens is 1. The zero-order valence-electron chi connectivity index (χ0n) is 15.3. The maximum absolute atomic E-state index is 12.5. The smallest absolute Gasteiger partial charge is 0.220 e. The Kier molecular flexibility index (Phi) is 5.42. The highest BCUT2D eigenvalue weighted by Crippen LogP contribution is 2.41. The van der Waals surface area contributed by atoms with Gasteiger partial charge in [-0.25, -0.2) is 0 Å². The first-order valence-corrected chi connectivity index (χ1v) is 9.15. The van der Waals surface area contributed by atoms with Crippen LogP contribution in [-0.4, -0.2) is 18.6 Å². The minimum atomic E-state index is -0.338. The normalized spacial score (nSPS) is 17.8. The van der Waals surface area contributed by atoms with Crippen molar-refractivity contribution in [2.75, 3.05) is 7.11 Å². The van der Waals surface area contributed by atoms with Gasteiger partial charge in [0, 0.05) is 23.4 Å². The third-order valence-electron chi connectivity index (χ3n) is 4.56. The molecule has 0 radical (unpaired) electrons. The Morgan fingerprint density at radius 1 is 1.27 bits per heavy atom. The standard InChI is InChI=1S/C21H24ClNO3/c1-21(2)13-18(17-12-16(25-3)9-10-19(17)26-21)23-20(24)11-6-14-4-7-15(22)8-5-14/h4-5,7-10,12,18H,6,11,13H2,1-3H3,(H,23,24). The van der Waals surface area contributed by atoms with Crippen LogP contribution in [0.5, 0.6) is 11.5 Å². The van der Waals surface area contributed by atoms with E-state index in [1.807, 2.05) is 56.3 Å². The summed E-state index contributed by atoms with van der Waals surface area (Å²) in [7, 11) is 1.63. The number of ether oxygens (including phenoxy) is 2. The number of nitrogens with one attached hydrogen (secondary N) is 1. The number of fused-ring (bicyclic) bond motifs is 1. The fourth-order valence-corrected chi connectivity index (χ4v) is 3.39. The molecule has 0 saturated carbocycles. The minimum Gasteiger partial charge on any atom is -0.497 e. The Morgan fingerprint density at radius 3 is 2.69 bits per heavy atom. The molecule has 2 aromatic rings. The summed E-state index contributed by atoms with van der Waals surface area (Å²) in [6.07, 6.45) is 1.82. The number of methoxy groups -OCH3 is 1. The van der Waals surface area contributed by atoms with Gasteiger partial charge in [-0.1, -0.05) is 23.7 Å². The number of aryl methyl sites for hydroxylation is 1. The van der Waals surface area contributed by atoms with Crippen LogP contribution >= 0.6 is 11.6 Å². The van der Waals surface area contributed by atoms with Crippen LogP contribution in [-0.2, 0) is 11.2 Å². The molecule has 1 atom stereocenters. The largest absolute Gasteiger partial charge is 0.497 e. The van der Waals surface area contributed by atoms with Gasteiger partial charge in [-0.05, 0) is 56.2 Å². The van der Waals surface area contributed by atoms with Crippen molar-refractivity contribution in [1.82, 2.24) is 5.32 Å². The quantitative estimate of drug-likeness (QED) is 0.826. The number of carbonyl (C=O) groups excluding carboxylic acids is 1. The van der Waals surface area contributed by atoms with E-state index in [9.17, 15) is 4.79 Å². The lowest BCUT2D eigenvalue weighted by atomic mass is 9.89. The monoisotopic (exact) mass is 373 g/mol. The molecule has 26 heavy (non-hydrogen) atoms. The SMILES string of the molecule is COc1ccc2c(c1)C(NC(=O)CCc1ccc(Cl)cc1)CC(C)(C)O2. The summed E-state index contributed by atoms with van der Waals surface area (Å²) >= 11 is 5.90. The zero-order chi connectivity index (χ0) is 18.7. The average Bonchev–Trinajstić information content (AvgIpc) is 2.60. The van der Waals surface area contributed by atoms with Crippen LogP contribution in [0.1, 0.15) is 43.9 Å². The molecule has 0 saturated heterocycles. The molecule has 3 rings (SSSR count). The molecule has 2 aromatic carbocycles. The van der Waals surface area contributed by atoms with E-state index < -0.39 is 0 Å². The lowest BCUT2D eigenvalue weighted by molar-refractivity contribution is -0.122. The summed E-state index contributed by atoms with van der Waals surface area (Å²) in [4.78, 5) is 12.5. The first-order chi connectivity index (χ1) is 12.4. The molecule has 138 valence electrons. The van der Waals surface area contributed by atoms with Crippen molar-refractivity contribution in [2.45, 2.75) is 44.8 Å². The summed E-state index contributed by atoms with van der Waals surface area (Å²) in [5, 5.41) is 3.87. The zero-order valence-corrected chi connectivity index (χ0v) is 16.1. The van der Waals surface area contributed by atoms with Gasteiger partial charge in [-0.2, -0.15) is 0 Å². The van der Waals surface area contributed by atoms with Gasteiger partial charge in [-0.3, -0.25) is 4.79 Å². The molecule has 5 heteroatoms. The molecule has 1 unspecified atom stereocenters. The second kappa shape index (κ2) is 7.58. The fourth-order valence-electron chi connectivity index (χ4n) is 3.26. The van der Waals surface area contributed by atoms with Crippen LogP contribution in [0.3, 0.4) is 0 Å². The maximum Gasteiger partial charge on any atom is 0.220 e. The summed E-state index contributed by atoms with van der Waals surface area (Å²) in [5.74, 6) is 1.58. The number of benzene rings is 2. The van der Waals surface area contributed by atoms with Gasteiger partial charge < -0.3 is 14.8 Å². The molecule has 0 spiro atoms. The molecule has 0 aromatic heterocycles. The summed E-state index contributed by atoms with van der Waals surface area (Å²) in [5.41, 5.74) is 1.72. The van der Waals surface area contributed by atoms with Crippen molar-refractivity contribution in [3.05, 3.63) is 58.6 Å². The van der Waals surface area contributed by atoms with Crippen LogP contribution in [0.25, 0.3) is 0 Å².